The molecule has 0 aliphatic carbocycles. The third kappa shape index (κ3) is 4.98. The molecule has 3 heteroatoms. The Balaban J connectivity index is 2.49. The maximum atomic E-state index is 11.4. The van der Waals surface area contributed by atoms with E-state index in [1.54, 1.807) is 18.3 Å². The number of ether oxygens (including phenoxy) is 1. The van der Waals surface area contributed by atoms with E-state index in [2.05, 4.69) is 25.8 Å². The molecule has 17 heavy (non-hydrogen) atoms. The van der Waals surface area contributed by atoms with E-state index in [0.717, 1.165) is 12.2 Å². The molecule has 0 bridgehead atoms. The van der Waals surface area contributed by atoms with Crippen molar-refractivity contribution in [2.24, 2.45) is 5.41 Å². The fourth-order valence-electron chi connectivity index (χ4n) is 1.29. The number of hydrogen-bond donors (Lipinski definition) is 0. The van der Waals surface area contributed by atoms with E-state index >= 15 is 0 Å². The lowest BCUT2D eigenvalue weighted by atomic mass is 9.93. The van der Waals surface area contributed by atoms with Crippen LogP contribution < -0.4 is 4.74 Å². The van der Waals surface area contributed by atoms with E-state index in [-0.39, 0.29) is 11.2 Å². The van der Waals surface area contributed by atoms with Crippen molar-refractivity contribution in [2.45, 2.75) is 40.5 Å². The van der Waals surface area contributed by atoms with Crippen LogP contribution in [0, 0.1) is 5.41 Å². The van der Waals surface area contributed by atoms with Crippen LogP contribution in [0.1, 0.15) is 51.0 Å². The Labute approximate surface area is 103 Å². The van der Waals surface area contributed by atoms with Crippen LogP contribution >= 0.6 is 0 Å². The Morgan fingerprint density at radius 3 is 2.53 bits per heavy atom. The van der Waals surface area contributed by atoms with Crippen LogP contribution in [0.3, 0.4) is 0 Å². The van der Waals surface area contributed by atoms with Crippen LogP contribution in [0.2, 0.25) is 0 Å². The fraction of sp³-hybridized carbons (Fsp3) is 0.571. The van der Waals surface area contributed by atoms with Crippen molar-refractivity contribution >= 4 is 5.78 Å². The van der Waals surface area contributed by atoms with Gasteiger partial charge in [-0.3, -0.25) is 4.79 Å². The molecular weight excluding hydrogens is 214 g/mol. The molecule has 0 aliphatic heterocycles. The molecule has 0 saturated carbocycles. The zero-order valence-electron chi connectivity index (χ0n) is 11.1. The summed E-state index contributed by atoms with van der Waals surface area (Å²) < 4.78 is 5.58. The summed E-state index contributed by atoms with van der Waals surface area (Å²) in [5.74, 6) is 0.785. The molecule has 0 aromatic carbocycles. The average molecular weight is 235 g/mol. The zero-order valence-corrected chi connectivity index (χ0v) is 11.1. The lowest BCUT2D eigenvalue weighted by Gasteiger charge is -2.17. The fourth-order valence-corrected chi connectivity index (χ4v) is 1.29. The highest BCUT2D eigenvalue weighted by Crippen LogP contribution is 2.19. The molecule has 0 N–H and O–H groups in total. The van der Waals surface area contributed by atoms with E-state index in [9.17, 15) is 4.79 Å². The number of rotatable bonds is 5. The maximum Gasteiger partial charge on any atom is 0.180 e. The van der Waals surface area contributed by atoms with E-state index < -0.39 is 0 Å². The average Bonchev–Trinajstić information content (AvgIpc) is 2.27. The Morgan fingerprint density at radius 2 is 2.06 bits per heavy atom. The Hall–Kier alpha value is -1.38. The van der Waals surface area contributed by atoms with Crippen LogP contribution in [0.15, 0.2) is 18.3 Å². The molecule has 0 atom stereocenters. The molecule has 1 heterocycles. The second kappa shape index (κ2) is 5.80. The highest BCUT2D eigenvalue weighted by atomic mass is 16.5. The van der Waals surface area contributed by atoms with Gasteiger partial charge in [0.05, 0.1) is 12.8 Å². The number of nitrogens with zero attached hydrogens (tertiary/aromatic N) is 1. The summed E-state index contributed by atoms with van der Waals surface area (Å²) in [6.45, 7) is 9.04. The second-order valence-corrected chi connectivity index (χ2v) is 5.31. The highest BCUT2D eigenvalue weighted by Gasteiger charge is 2.10. The van der Waals surface area contributed by atoms with Crippen molar-refractivity contribution in [3.8, 4) is 5.75 Å². The summed E-state index contributed by atoms with van der Waals surface area (Å²) in [6.07, 6.45) is 3.09. The van der Waals surface area contributed by atoms with Gasteiger partial charge in [-0.15, -0.1) is 0 Å². The molecule has 0 spiro atoms. The van der Waals surface area contributed by atoms with Crippen molar-refractivity contribution in [3.05, 3.63) is 24.0 Å². The Kier molecular flexibility index (Phi) is 4.67. The summed E-state index contributed by atoms with van der Waals surface area (Å²) in [6, 6.07) is 3.52. The van der Waals surface area contributed by atoms with Crippen molar-refractivity contribution in [1.82, 2.24) is 4.98 Å². The van der Waals surface area contributed by atoms with Gasteiger partial charge in [0.15, 0.2) is 5.78 Å². The van der Waals surface area contributed by atoms with Gasteiger partial charge in [-0.25, -0.2) is 4.98 Å². The van der Waals surface area contributed by atoms with Crippen molar-refractivity contribution < 1.29 is 9.53 Å². The summed E-state index contributed by atoms with van der Waals surface area (Å²) >= 11 is 0. The van der Waals surface area contributed by atoms with E-state index in [1.165, 1.54) is 0 Å². The Morgan fingerprint density at radius 1 is 1.35 bits per heavy atom. The quantitative estimate of drug-likeness (QED) is 0.733. The van der Waals surface area contributed by atoms with Crippen molar-refractivity contribution in [2.75, 3.05) is 6.61 Å². The van der Waals surface area contributed by atoms with Gasteiger partial charge < -0.3 is 4.74 Å². The molecule has 1 aromatic rings. The number of hydrogen-bond acceptors (Lipinski definition) is 3. The minimum atomic E-state index is 0.0613. The number of carbonyl (C=O) groups is 1. The van der Waals surface area contributed by atoms with Crippen LogP contribution in [0.5, 0.6) is 5.75 Å². The number of Topliss-reactive ketones (excluding diaryl/α,β-unsaturated/α-hetero) is 1. The molecular formula is C14H21NO2. The molecule has 1 aromatic heterocycles. The number of aromatic nitrogens is 1. The highest BCUT2D eigenvalue weighted by molar-refractivity contribution is 5.93. The predicted octanol–water partition coefficient (Wildman–Crippen LogP) is 3.49. The number of carbonyl (C=O) groups excluding carboxylic acids is 1. The minimum absolute atomic E-state index is 0.0613. The van der Waals surface area contributed by atoms with E-state index in [1.807, 2.05) is 6.92 Å². The third-order valence-corrected chi connectivity index (χ3v) is 2.46. The van der Waals surface area contributed by atoms with Gasteiger partial charge in [-0.05, 0) is 24.0 Å². The molecule has 0 aliphatic rings. The first-order valence-electron chi connectivity index (χ1n) is 6.04. The van der Waals surface area contributed by atoms with E-state index in [4.69, 9.17) is 4.74 Å². The summed E-state index contributed by atoms with van der Waals surface area (Å²) in [5, 5.41) is 0. The van der Waals surface area contributed by atoms with Crippen molar-refractivity contribution in [1.29, 1.82) is 0 Å². The van der Waals surface area contributed by atoms with Crippen LogP contribution in [0.4, 0.5) is 0 Å². The molecule has 1 rings (SSSR count). The molecule has 0 amide bonds. The second-order valence-electron chi connectivity index (χ2n) is 5.31. The number of pyridine rings is 1. The normalized spacial score (nSPS) is 11.3. The van der Waals surface area contributed by atoms with Crippen LogP contribution in [-0.4, -0.2) is 17.4 Å². The largest absolute Gasteiger partial charge is 0.492 e. The first kappa shape index (κ1) is 13.7. The lowest BCUT2D eigenvalue weighted by Crippen LogP contribution is -2.11. The monoisotopic (exact) mass is 235 g/mol. The van der Waals surface area contributed by atoms with Crippen LogP contribution in [0.25, 0.3) is 0 Å². The van der Waals surface area contributed by atoms with Gasteiger partial charge in [0, 0.05) is 6.42 Å². The van der Waals surface area contributed by atoms with Gasteiger partial charge >= 0.3 is 0 Å². The molecule has 0 radical (unpaired) electrons. The predicted molar refractivity (Wildman–Crippen MR) is 68.4 cm³/mol. The standard InChI is InChI=1S/C14H21NO2/c1-5-13(16)12-7-6-11(10-15-12)17-9-8-14(2,3)4/h6-7,10H,5,8-9H2,1-4H3. The zero-order chi connectivity index (χ0) is 12.9. The van der Waals surface area contributed by atoms with E-state index in [0.29, 0.717) is 18.7 Å². The van der Waals surface area contributed by atoms with Gasteiger partial charge in [0.25, 0.3) is 0 Å². The summed E-state index contributed by atoms with van der Waals surface area (Å²) in [4.78, 5) is 15.5. The maximum absolute atomic E-state index is 11.4. The molecule has 3 nitrogen and oxygen atoms in total. The Bertz CT molecular complexity index is 363. The lowest BCUT2D eigenvalue weighted by molar-refractivity contribution is 0.0983. The third-order valence-electron chi connectivity index (χ3n) is 2.46. The smallest absolute Gasteiger partial charge is 0.180 e. The molecule has 0 saturated heterocycles. The minimum Gasteiger partial charge on any atom is -0.492 e. The number of ketones is 1. The summed E-state index contributed by atoms with van der Waals surface area (Å²) in [5.41, 5.74) is 0.779. The topological polar surface area (TPSA) is 39.2 Å². The first-order chi connectivity index (χ1) is 7.92. The summed E-state index contributed by atoms with van der Waals surface area (Å²) in [7, 11) is 0. The van der Waals surface area contributed by atoms with Gasteiger partial charge in [0.1, 0.15) is 11.4 Å². The van der Waals surface area contributed by atoms with Crippen molar-refractivity contribution in [3.63, 3.8) is 0 Å². The van der Waals surface area contributed by atoms with Gasteiger partial charge in [-0.2, -0.15) is 0 Å². The molecule has 0 fully saturated rings. The van der Waals surface area contributed by atoms with Gasteiger partial charge in [-0.1, -0.05) is 27.7 Å². The molecule has 94 valence electrons. The SMILES string of the molecule is CCC(=O)c1ccc(OCCC(C)(C)C)cn1. The molecule has 0 unspecified atom stereocenters. The van der Waals surface area contributed by atoms with Crippen LogP contribution in [-0.2, 0) is 0 Å². The first-order valence-corrected chi connectivity index (χ1v) is 6.04. The van der Waals surface area contributed by atoms with Gasteiger partial charge in [0.2, 0.25) is 0 Å².